The van der Waals surface area contributed by atoms with Crippen LogP contribution in [0, 0.1) is 0 Å². The molecule has 0 bridgehead atoms. The molecule has 0 spiro atoms. The molecule has 0 aromatic heterocycles. The minimum atomic E-state index is -3.30. The third kappa shape index (κ3) is 1.17. The number of rotatable bonds is 1. The summed E-state index contributed by atoms with van der Waals surface area (Å²) in [5.41, 5.74) is 0. The van der Waals surface area contributed by atoms with Crippen LogP contribution >= 0.6 is 10.7 Å². The lowest BCUT2D eigenvalue weighted by Crippen LogP contribution is -1.80. The third-order valence-corrected chi connectivity index (χ3v) is 2.24. The van der Waals surface area contributed by atoms with Crippen LogP contribution < -0.4 is 0 Å². The maximum atomic E-state index is 10.1. The summed E-state index contributed by atoms with van der Waals surface area (Å²) < 4.78 is 20.2. The van der Waals surface area contributed by atoms with Gasteiger partial charge < -0.3 is 0 Å². The molecule has 0 aromatic carbocycles. The quantitative estimate of drug-likeness (QED) is 0.504. The summed E-state index contributed by atoms with van der Waals surface area (Å²) in [5.74, 6) is 0. The number of allylic oxidation sites excluding steroid dienone is 2. The third-order valence-electron chi connectivity index (χ3n) is 0.684. The van der Waals surface area contributed by atoms with Gasteiger partial charge in [-0.2, -0.15) is 0 Å². The van der Waals surface area contributed by atoms with Gasteiger partial charge in [-0.25, -0.2) is 8.42 Å². The summed E-state index contributed by atoms with van der Waals surface area (Å²) in [6.07, 6.45) is 2.12. The van der Waals surface area contributed by atoms with E-state index in [0.29, 0.717) is 11.3 Å². The number of hydrogen-bond donors (Lipinski definition) is 0. The standard InChI is InChI=1S/C3H3ClO2S/c4-7(5,6)3-1-2-3/h1H,2H2. The smallest absolute Gasteiger partial charge is 0.207 e. The second-order valence-electron chi connectivity index (χ2n) is 1.31. The van der Waals surface area contributed by atoms with E-state index in [1.54, 1.807) is 6.08 Å². The molecule has 1 aliphatic rings. The molecule has 0 fully saturated rings. The van der Waals surface area contributed by atoms with Crippen LogP contribution in [-0.2, 0) is 9.05 Å². The Hall–Kier alpha value is -0.0200. The Bertz CT molecular complexity index is 201. The van der Waals surface area contributed by atoms with Gasteiger partial charge in [0.25, 0.3) is 9.05 Å². The van der Waals surface area contributed by atoms with Crippen molar-refractivity contribution in [2.24, 2.45) is 0 Å². The van der Waals surface area contributed by atoms with E-state index in [1.807, 2.05) is 0 Å². The van der Waals surface area contributed by atoms with E-state index in [9.17, 15) is 8.42 Å². The number of halogens is 1. The van der Waals surface area contributed by atoms with Crippen molar-refractivity contribution in [3.05, 3.63) is 11.0 Å². The molecule has 2 nitrogen and oxygen atoms in total. The van der Waals surface area contributed by atoms with Crippen LogP contribution in [0.3, 0.4) is 0 Å². The van der Waals surface area contributed by atoms with Crippen LogP contribution in [0.1, 0.15) is 6.42 Å². The van der Waals surface area contributed by atoms with Gasteiger partial charge in [-0.1, -0.05) is 6.08 Å². The Balaban J connectivity index is 2.93. The zero-order valence-corrected chi connectivity index (χ0v) is 4.96. The number of hydrogen-bond acceptors (Lipinski definition) is 2. The molecule has 0 atom stereocenters. The van der Waals surface area contributed by atoms with Crippen LogP contribution in [0.5, 0.6) is 0 Å². The molecular weight excluding hydrogens is 136 g/mol. The van der Waals surface area contributed by atoms with Gasteiger partial charge in [0.15, 0.2) is 0 Å². The Morgan fingerprint density at radius 2 is 2.14 bits per heavy atom. The van der Waals surface area contributed by atoms with Gasteiger partial charge in [0, 0.05) is 17.1 Å². The van der Waals surface area contributed by atoms with Crippen molar-refractivity contribution in [3.8, 4) is 0 Å². The molecule has 0 amide bonds. The highest BCUT2D eigenvalue weighted by molar-refractivity contribution is 8.17. The summed E-state index contributed by atoms with van der Waals surface area (Å²) in [4.78, 5) is 0.356. The Kier molecular flexibility index (Phi) is 0.900. The summed E-state index contributed by atoms with van der Waals surface area (Å²) in [6.45, 7) is 0. The van der Waals surface area contributed by atoms with Crippen molar-refractivity contribution >= 4 is 19.7 Å². The van der Waals surface area contributed by atoms with Crippen LogP contribution in [0.25, 0.3) is 0 Å². The molecule has 0 heterocycles. The summed E-state index contributed by atoms with van der Waals surface area (Å²) in [7, 11) is 1.54. The normalized spacial score (nSPS) is 18.7. The monoisotopic (exact) mass is 138 g/mol. The largest absolute Gasteiger partial charge is 0.257 e. The van der Waals surface area contributed by atoms with Gasteiger partial charge >= 0.3 is 0 Å². The lowest BCUT2D eigenvalue weighted by atomic mass is 10.9. The average Bonchev–Trinajstić information content (AvgIpc) is 1.99. The molecule has 0 N–H and O–H groups in total. The second kappa shape index (κ2) is 1.23. The zero-order valence-electron chi connectivity index (χ0n) is 3.39. The van der Waals surface area contributed by atoms with Crippen molar-refractivity contribution in [2.45, 2.75) is 6.42 Å². The summed E-state index contributed by atoms with van der Waals surface area (Å²) in [6, 6.07) is 0. The molecule has 0 aromatic rings. The maximum Gasteiger partial charge on any atom is 0.257 e. The van der Waals surface area contributed by atoms with E-state index in [0.717, 1.165) is 0 Å². The first kappa shape index (κ1) is 5.12. The van der Waals surface area contributed by atoms with Crippen LogP contribution in [0.15, 0.2) is 11.0 Å². The molecule has 0 saturated carbocycles. The second-order valence-corrected chi connectivity index (χ2v) is 3.93. The van der Waals surface area contributed by atoms with Gasteiger partial charge in [-0.3, -0.25) is 0 Å². The van der Waals surface area contributed by atoms with Crippen molar-refractivity contribution in [1.82, 2.24) is 0 Å². The fourth-order valence-electron chi connectivity index (χ4n) is 0.241. The van der Waals surface area contributed by atoms with Gasteiger partial charge in [0.05, 0.1) is 4.91 Å². The van der Waals surface area contributed by atoms with Crippen LogP contribution in [0.4, 0.5) is 0 Å². The van der Waals surface area contributed by atoms with Crippen LogP contribution in [0.2, 0.25) is 0 Å². The van der Waals surface area contributed by atoms with Crippen molar-refractivity contribution in [1.29, 1.82) is 0 Å². The predicted molar refractivity (Wildman–Crippen MR) is 27.5 cm³/mol. The summed E-state index contributed by atoms with van der Waals surface area (Å²) >= 11 is 0. The Morgan fingerprint density at radius 1 is 1.71 bits per heavy atom. The predicted octanol–water partition coefficient (Wildman–Crippen LogP) is 0.843. The Morgan fingerprint density at radius 3 is 2.14 bits per heavy atom. The highest BCUT2D eigenvalue weighted by Gasteiger charge is 2.20. The summed E-state index contributed by atoms with van der Waals surface area (Å²) in [5, 5.41) is 0. The molecule has 4 heteroatoms. The van der Waals surface area contributed by atoms with Gasteiger partial charge in [-0.15, -0.1) is 0 Å². The molecule has 7 heavy (non-hydrogen) atoms. The molecule has 40 valence electrons. The van der Waals surface area contributed by atoms with E-state index in [-0.39, 0.29) is 0 Å². The Labute approximate surface area is 46.2 Å². The first-order chi connectivity index (χ1) is 3.11. The fraction of sp³-hybridized carbons (Fsp3) is 0.333. The highest BCUT2D eigenvalue weighted by atomic mass is 35.7. The lowest BCUT2D eigenvalue weighted by Gasteiger charge is -1.76. The van der Waals surface area contributed by atoms with Gasteiger partial charge in [-0.05, 0) is 0 Å². The topological polar surface area (TPSA) is 34.1 Å². The lowest BCUT2D eigenvalue weighted by molar-refractivity contribution is 0.616. The van der Waals surface area contributed by atoms with E-state index >= 15 is 0 Å². The molecular formula is C3H3ClO2S. The first-order valence-electron chi connectivity index (χ1n) is 1.74. The van der Waals surface area contributed by atoms with Crippen molar-refractivity contribution in [3.63, 3.8) is 0 Å². The SMILES string of the molecule is O=S(=O)(Cl)C1=CC1. The van der Waals surface area contributed by atoms with E-state index in [2.05, 4.69) is 0 Å². The zero-order chi connectivity index (χ0) is 5.49. The minimum absolute atomic E-state index is 0.356. The molecule has 1 aliphatic carbocycles. The maximum absolute atomic E-state index is 10.1. The van der Waals surface area contributed by atoms with E-state index in [4.69, 9.17) is 10.7 Å². The molecule has 0 aliphatic heterocycles. The highest BCUT2D eigenvalue weighted by Crippen LogP contribution is 2.27. The van der Waals surface area contributed by atoms with Gasteiger partial charge in [0.2, 0.25) is 0 Å². The first-order valence-corrected chi connectivity index (χ1v) is 4.05. The fourth-order valence-corrected chi connectivity index (χ4v) is 1.10. The van der Waals surface area contributed by atoms with Crippen LogP contribution in [-0.4, -0.2) is 8.42 Å². The van der Waals surface area contributed by atoms with Crippen molar-refractivity contribution in [2.75, 3.05) is 0 Å². The molecule has 1 rings (SSSR count). The van der Waals surface area contributed by atoms with E-state index in [1.165, 1.54) is 0 Å². The molecule has 0 saturated heterocycles. The minimum Gasteiger partial charge on any atom is -0.207 e. The molecule has 0 unspecified atom stereocenters. The molecule has 0 radical (unpaired) electrons. The van der Waals surface area contributed by atoms with Crippen molar-refractivity contribution < 1.29 is 8.42 Å². The van der Waals surface area contributed by atoms with Gasteiger partial charge in [0.1, 0.15) is 0 Å². The average molecular weight is 139 g/mol. The van der Waals surface area contributed by atoms with E-state index < -0.39 is 9.05 Å².